The van der Waals surface area contributed by atoms with E-state index >= 15 is 0 Å². The van der Waals surface area contributed by atoms with Gasteiger partial charge in [0.15, 0.2) is 0 Å². The fourth-order valence-electron chi connectivity index (χ4n) is 4.00. The van der Waals surface area contributed by atoms with Crippen molar-refractivity contribution in [2.24, 2.45) is 0 Å². The van der Waals surface area contributed by atoms with Gasteiger partial charge >= 0.3 is 5.97 Å². The summed E-state index contributed by atoms with van der Waals surface area (Å²) in [5.41, 5.74) is 6.78. The molecule has 3 nitrogen and oxygen atoms in total. The van der Waals surface area contributed by atoms with E-state index in [1.807, 2.05) is 16.7 Å². The highest BCUT2D eigenvalue weighted by Gasteiger charge is 2.24. The molecule has 0 saturated carbocycles. The predicted molar refractivity (Wildman–Crippen MR) is 100 cm³/mol. The number of carbonyl (C=O) groups excluding carboxylic acids is 1. The maximum absolute atomic E-state index is 12.5. The summed E-state index contributed by atoms with van der Waals surface area (Å²) < 4.78 is 7.13. The lowest BCUT2D eigenvalue weighted by atomic mass is 9.94. The molecule has 0 unspecified atom stereocenters. The second kappa shape index (κ2) is 6.75. The minimum Gasteiger partial charge on any atom is -0.464 e. The van der Waals surface area contributed by atoms with Crippen molar-refractivity contribution in [3.8, 4) is 11.1 Å². The zero-order valence-electron chi connectivity index (χ0n) is 14.6. The van der Waals surface area contributed by atoms with E-state index in [9.17, 15) is 4.79 Å². The van der Waals surface area contributed by atoms with Crippen LogP contribution in [0.1, 0.15) is 47.3 Å². The number of rotatable bonds is 2. The highest BCUT2D eigenvalue weighted by atomic mass is 16.5. The van der Waals surface area contributed by atoms with Crippen LogP contribution in [-0.4, -0.2) is 17.5 Å². The number of benzene rings is 1. The molecule has 4 rings (SSSR count). The first kappa shape index (κ1) is 15.9. The molecule has 0 bridgehead atoms. The van der Waals surface area contributed by atoms with Crippen LogP contribution in [0.3, 0.4) is 0 Å². The second-order valence-corrected chi connectivity index (χ2v) is 6.75. The van der Waals surface area contributed by atoms with Gasteiger partial charge in [-0.1, -0.05) is 43.2 Å². The molecule has 128 valence electrons. The van der Waals surface area contributed by atoms with Crippen molar-refractivity contribution < 1.29 is 9.53 Å². The summed E-state index contributed by atoms with van der Waals surface area (Å²) in [4.78, 5) is 12.5. The van der Waals surface area contributed by atoms with Crippen LogP contribution >= 0.6 is 0 Å². The highest BCUT2D eigenvalue weighted by molar-refractivity contribution is 5.93. The van der Waals surface area contributed by atoms with Crippen molar-refractivity contribution in [2.45, 2.75) is 38.5 Å². The first-order valence-electron chi connectivity index (χ1n) is 9.09. The van der Waals surface area contributed by atoms with Crippen LogP contribution in [0.25, 0.3) is 16.6 Å². The lowest BCUT2D eigenvalue weighted by molar-refractivity contribution is 0.0591. The molecule has 0 spiro atoms. The Morgan fingerprint density at radius 3 is 2.36 bits per heavy atom. The Hall–Kier alpha value is -2.55. The Labute approximate surface area is 148 Å². The molecule has 0 saturated heterocycles. The Morgan fingerprint density at radius 1 is 0.920 bits per heavy atom. The quantitative estimate of drug-likeness (QED) is 0.614. The van der Waals surface area contributed by atoms with Gasteiger partial charge in [-0.05, 0) is 60.1 Å². The van der Waals surface area contributed by atoms with Crippen LogP contribution in [0.5, 0.6) is 0 Å². The summed E-state index contributed by atoms with van der Waals surface area (Å²) in [6.45, 7) is 0. The summed E-state index contributed by atoms with van der Waals surface area (Å²) in [6.07, 6.45) is 8.84. The van der Waals surface area contributed by atoms with E-state index in [1.165, 1.54) is 48.6 Å². The molecule has 0 atom stereocenters. The summed E-state index contributed by atoms with van der Waals surface area (Å²) in [5.74, 6) is -0.232. The molecular weight excluding hydrogens is 310 g/mol. The molecule has 2 heterocycles. The fourth-order valence-corrected chi connectivity index (χ4v) is 4.00. The second-order valence-electron chi connectivity index (χ2n) is 6.75. The summed E-state index contributed by atoms with van der Waals surface area (Å²) in [7, 11) is 1.47. The SMILES string of the molecule is COC(=O)c1c2c(c3cc(-c4ccccc4)ccn13)CCCCCC2. The number of fused-ring (bicyclic) bond motifs is 3. The van der Waals surface area contributed by atoms with Gasteiger partial charge in [-0.25, -0.2) is 4.79 Å². The zero-order chi connectivity index (χ0) is 17.2. The number of hydrogen-bond acceptors (Lipinski definition) is 2. The van der Waals surface area contributed by atoms with E-state index in [4.69, 9.17) is 4.74 Å². The zero-order valence-corrected chi connectivity index (χ0v) is 14.6. The third-order valence-corrected chi connectivity index (χ3v) is 5.24. The average molecular weight is 333 g/mol. The van der Waals surface area contributed by atoms with Crippen molar-refractivity contribution in [1.29, 1.82) is 0 Å². The van der Waals surface area contributed by atoms with Gasteiger partial charge in [0.2, 0.25) is 0 Å². The molecule has 0 radical (unpaired) electrons. The Balaban J connectivity index is 1.95. The van der Waals surface area contributed by atoms with Crippen LogP contribution in [0.4, 0.5) is 0 Å². The maximum atomic E-state index is 12.5. The molecule has 0 amide bonds. The molecule has 0 fully saturated rings. The molecule has 1 aliphatic carbocycles. The maximum Gasteiger partial charge on any atom is 0.355 e. The van der Waals surface area contributed by atoms with Crippen LogP contribution in [0.15, 0.2) is 48.7 Å². The van der Waals surface area contributed by atoms with Crippen molar-refractivity contribution in [3.63, 3.8) is 0 Å². The minimum atomic E-state index is -0.232. The lowest BCUT2D eigenvalue weighted by Crippen LogP contribution is -2.09. The lowest BCUT2D eigenvalue weighted by Gasteiger charge is -2.10. The molecule has 1 aromatic carbocycles. The monoisotopic (exact) mass is 333 g/mol. The number of pyridine rings is 1. The van der Waals surface area contributed by atoms with E-state index < -0.39 is 0 Å². The summed E-state index contributed by atoms with van der Waals surface area (Å²) >= 11 is 0. The molecule has 0 aliphatic heterocycles. The summed E-state index contributed by atoms with van der Waals surface area (Å²) in [6, 6.07) is 14.7. The Kier molecular flexibility index (Phi) is 4.31. The van der Waals surface area contributed by atoms with Crippen molar-refractivity contribution in [1.82, 2.24) is 4.40 Å². The van der Waals surface area contributed by atoms with Crippen molar-refractivity contribution in [2.75, 3.05) is 7.11 Å². The number of aromatic nitrogens is 1. The van der Waals surface area contributed by atoms with E-state index in [1.54, 1.807) is 0 Å². The van der Waals surface area contributed by atoms with E-state index in [0.717, 1.165) is 24.8 Å². The summed E-state index contributed by atoms with van der Waals surface area (Å²) in [5, 5.41) is 0. The van der Waals surface area contributed by atoms with Gasteiger partial charge < -0.3 is 9.14 Å². The molecule has 3 heteroatoms. The highest BCUT2D eigenvalue weighted by Crippen LogP contribution is 2.32. The molecular formula is C22H23NO2. The van der Waals surface area contributed by atoms with Gasteiger partial charge in [-0.15, -0.1) is 0 Å². The van der Waals surface area contributed by atoms with Gasteiger partial charge in [0.25, 0.3) is 0 Å². The molecule has 0 N–H and O–H groups in total. The average Bonchev–Trinajstić information content (AvgIpc) is 2.93. The van der Waals surface area contributed by atoms with E-state index in [2.05, 4.69) is 36.4 Å². The third-order valence-electron chi connectivity index (χ3n) is 5.24. The first-order valence-corrected chi connectivity index (χ1v) is 9.09. The first-order chi connectivity index (χ1) is 12.3. The third kappa shape index (κ3) is 2.84. The molecule has 3 aromatic rings. The van der Waals surface area contributed by atoms with Gasteiger partial charge in [-0.3, -0.25) is 0 Å². The standard InChI is InChI=1S/C22H23NO2/c1-25-22(24)21-19-12-8-3-2-7-11-18(19)20-15-17(13-14-23(20)21)16-9-5-4-6-10-16/h4-6,9-10,13-15H,2-3,7-8,11-12H2,1H3. The normalized spacial score (nSPS) is 14.6. The molecule has 1 aliphatic rings. The van der Waals surface area contributed by atoms with Gasteiger partial charge in [0, 0.05) is 11.7 Å². The fraction of sp³-hybridized carbons (Fsp3) is 0.318. The minimum absolute atomic E-state index is 0.232. The van der Waals surface area contributed by atoms with Crippen molar-refractivity contribution in [3.05, 3.63) is 65.5 Å². The van der Waals surface area contributed by atoms with Crippen LogP contribution in [0.2, 0.25) is 0 Å². The number of carbonyl (C=O) groups is 1. The number of aryl methyl sites for hydroxylation is 1. The predicted octanol–water partition coefficient (Wildman–Crippen LogP) is 5.05. The number of hydrogen-bond donors (Lipinski definition) is 0. The van der Waals surface area contributed by atoms with Gasteiger partial charge in [-0.2, -0.15) is 0 Å². The van der Waals surface area contributed by atoms with E-state index in [-0.39, 0.29) is 5.97 Å². The Morgan fingerprint density at radius 2 is 1.64 bits per heavy atom. The van der Waals surface area contributed by atoms with Gasteiger partial charge in [0.1, 0.15) is 5.69 Å². The number of ether oxygens (including phenoxy) is 1. The van der Waals surface area contributed by atoms with Crippen LogP contribution in [0, 0.1) is 0 Å². The van der Waals surface area contributed by atoms with Gasteiger partial charge in [0.05, 0.1) is 7.11 Å². The largest absolute Gasteiger partial charge is 0.464 e. The topological polar surface area (TPSA) is 30.7 Å². The molecule has 2 aromatic heterocycles. The van der Waals surface area contributed by atoms with Crippen LogP contribution < -0.4 is 0 Å². The number of methoxy groups -OCH3 is 1. The van der Waals surface area contributed by atoms with E-state index in [0.29, 0.717) is 5.69 Å². The number of esters is 1. The van der Waals surface area contributed by atoms with Crippen molar-refractivity contribution >= 4 is 11.5 Å². The Bertz CT molecular complexity index is 909. The molecule has 25 heavy (non-hydrogen) atoms. The number of nitrogens with zero attached hydrogens (tertiary/aromatic N) is 1. The van der Waals surface area contributed by atoms with Crippen LogP contribution in [-0.2, 0) is 17.6 Å². The smallest absolute Gasteiger partial charge is 0.355 e.